The van der Waals surface area contributed by atoms with Crippen LogP contribution in [0.5, 0.6) is 0 Å². The van der Waals surface area contributed by atoms with Crippen LogP contribution in [0.15, 0.2) is 9.05 Å². The second-order valence-corrected chi connectivity index (χ2v) is 19.6. The minimum atomic E-state index is -3.35. The number of carboxylic acid groups (broad SMARTS) is 1. The molecule has 2 aliphatic rings. The van der Waals surface area contributed by atoms with Crippen molar-refractivity contribution in [2.75, 3.05) is 12.5 Å². The molecule has 0 spiro atoms. The number of nitrogens with one attached hydrogen (secondary N) is 2. The Hall–Kier alpha value is -2.96. The molecule has 2 aromatic heterocycles. The Morgan fingerprint density at radius 3 is 1.52 bits per heavy atom. The zero-order valence-corrected chi connectivity index (χ0v) is 34.3. The molecule has 16 nitrogen and oxygen atoms in total. The number of ether oxygens (including phenoxy) is 1. The van der Waals surface area contributed by atoms with Crippen molar-refractivity contribution in [3.8, 4) is 0 Å². The maximum absolute atomic E-state index is 12.4. The smallest absolute Gasteiger partial charge is 0.307 e. The number of carbonyl (C=O) groups is 2. The van der Waals surface area contributed by atoms with E-state index in [4.69, 9.17) is 18.9 Å². The molecule has 3 N–H and O–H groups in total. The van der Waals surface area contributed by atoms with Crippen molar-refractivity contribution in [3.05, 3.63) is 23.4 Å². The number of rotatable bonds is 20. The molecule has 54 heavy (non-hydrogen) atoms. The third kappa shape index (κ3) is 19.6. The van der Waals surface area contributed by atoms with Crippen molar-refractivity contribution >= 4 is 32.0 Å². The van der Waals surface area contributed by atoms with E-state index in [0.717, 1.165) is 56.5 Å². The molecule has 0 amide bonds. The number of aromatic nitrogens is 4. The van der Waals surface area contributed by atoms with Crippen LogP contribution in [0.4, 0.5) is 0 Å². The first-order valence-electron chi connectivity index (χ1n) is 19.3. The zero-order chi connectivity index (χ0) is 39.8. The second-order valence-electron chi connectivity index (χ2n) is 15.9. The number of carbonyl (C=O) groups excluding carboxylic acids is 1. The summed E-state index contributed by atoms with van der Waals surface area (Å²) in [5, 5.41) is 16.7. The van der Waals surface area contributed by atoms with Crippen molar-refractivity contribution in [2.24, 2.45) is 11.8 Å². The summed E-state index contributed by atoms with van der Waals surface area (Å²) in [6.07, 6.45) is 20.8. The van der Waals surface area contributed by atoms with Crippen LogP contribution in [-0.4, -0.2) is 72.3 Å². The molecule has 2 atom stereocenters. The van der Waals surface area contributed by atoms with E-state index in [1.807, 2.05) is 20.8 Å². The fourth-order valence-electron chi connectivity index (χ4n) is 7.08. The largest absolute Gasteiger partial charge is 0.481 e. The molecular formula is C36H62N6O10S2. The first-order valence-corrected chi connectivity index (χ1v) is 23.1. The molecule has 0 bridgehead atoms. The molecule has 2 aromatic rings. The fraction of sp³-hybridized carbons (Fsp3) is 0.833. The van der Waals surface area contributed by atoms with Gasteiger partial charge in [0.1, 0.15) is 5.60 Å². The molecule has 0 aliphatic heterocycles. The van der Waals surface area contributed by atoms with Crippen LogP contribution in [0.3, 0.4) is 0 Å². The van der Waals surface area contributed by atoms with Crippen molar-refractivity contribution in [1.82, 2.24) is 29.7 Å². The lowest BCUT2D eigenvalue weighted by Crippen LogP contribution is -2.25. The van der Waals surface area contributed by atoms with Crippen molar-refractivity contribution in [1.29, 1.82) is 0 Å². The molecule has 0 saturated heterocycles. The number of nitrogens with zero attached hydrogens (tertiary/aromatic N) is 4. The summed E-state index contributed by atoms with van der Waals surface area (Å²) in [6.45, 7) is 5.41. The minimum Gasteiger partial charge on any atom is -0.481 e. The van der Waals surface area contributed by atoms with Crippen molar-refractivity contribution in [3.63, 3.8) is 0 Å². The molecule has 2 aliphatic carbocycles. The Kier molecular flexibility index (Phi) is 18.5. The Morgan fingerprint density at radius 1 is 0.741 bits per heavy atom. The summed E-state index contributed by atoms with van der Waals surface area (Å²) in [6, 6.07) is 0. The summed E-state index contributed by atoms with van der Waals surface area (Å²) in [4.78, 5) is 32.0. The monoisotopic (exact) mass is 802 g/mol. The molecule has 2 saturated carbocycles. The van der Waals surface area contributed by atoms with E-state index in [-0.39, 0.29) is 61.3 Å². The van der Waals surface area contributed by atoms with Crippen LogP contribution in [0.2, 0.25) is 0 Å². The number of carboxylic acids is 1. The lowest BCUT2D eigenvalue weighted by molar-refractivity contribution is -0.155. The third-order valence-electron chi connectivity index (χ3n) is 9.68. The number of hydrogen-bond acceptors (Lipinski definition) is 13. The van der Waals surface area contributed by atoms with Gasteiger partial charge in [0, 0.05) is 11.8 Å². The summed E-state index contributed by atoms with van der Waals surface area (Å²) < 4.78 is 65.4. The Balaban J connectivity index is 0.000000294. The van der Waals surface area contributed by atoms with Crippen molar-refractivity contribution < 1.29 is 45.3 Å². The van der Waals surface area contributed by atoms with Gasteiger partial charge in [-0.15, -0.1) is 0 Å². The van der Waals surface area contributed by atoms with Crippen LogP contribution in [0.25, 0.3) is 0 Å². The van der Waals surface area contributed by atoms with Crippen LogP contribution in [0, 0.1) is 11.8 Å². The van der Waals surface area contributed by atoms with Gasteiger partial charge in [-0.2, -0.15) is 9.97 Å². The van der Waals surface area contributed by atoms with Crippen LogP contribution in [-0.2, 0) is 47.5 Å². The van der Waals surface area contributed by atoms with E-state index in [9.17, 15) is 26.4 Å². The van der Waals surface area contributed by atoms with E-state index in [2.05, 4.69) is 29.7 Å². The Labute approximate surface area is 320 Å². The normalized spacial score (nSPS) is 17.4. The predicted molar refractivity (Wildman–Crippen MR) is 201 cm³/mol. The van der Waals surface area contributed by atoms with Crippen LogP contribution >= 0.6 is 0 Å². The van der Waals surface area contributed by atoms with Gasteiger partial charge in [-0.1, -0.05) is 100 Å². The van der Waals surface area contributed by atoms with Crippen LogP contribution < -0.4 is 9.44 Å². The van der Waals surface area contributed by atoms with E-state index in [1.165, 1.54) is 64.2 Å². The second kappa shape index (κ2) is 22.0. The first-order chi connectivity index (χ1) is 25.3. The van der Waals surface area contributed by atoms with Gasteiger partial charge in [-0.25, -0.2) is 26.3 Å². The molecule has 0 radical (unpaired) electrons. The molecule has 4 rings (SSSR count). The molecule has 308 valence electrons. The van der Waals surface area contributed by atoms with Gasteiger partial charge in [0.2, 0.25) is 31.8 Å². The quantitative estimate of drug-likeness (QED) is 0.128. The van der Waals surface area contributed by atoms with Crippen LogP contribution in [0.1, 0.15) is 172 Å². The summed E-state index contributed by atoms with van der Waals surface area (Å²) in [7, 11) is -6.69. The maximum atomic E-state index is 12.4. The zero-order valence-electron chi connectivity index (χ0n) is 32.7. The molecular weight excluding hydrogens is 741 g/mol. The van der Waals surface area contributed by atoms with E-state index in [0.29, 0.717) is 12.3 Å². The van der Waals surface area contributed by atoms with Gasteiger partial charge in [0.25, 0.3) is 0 Å². The van der Waals surface area contributed by atoms with Gasteiger partial charge >= 0.3 is 11.9 Å². The van der Waals surface area contributed by atoms with Gasteiger partial charge in [0.05, 0.1) is 38.4 Å². The summed E-state index contributed by atoms with van der Waals surface area (Å²) >= 11 is 0. The van der Waals surface area contributed by atoms with E-state index in [1.54, 1.807) is 0 Å². The lowest BCUT2D eigenvalue weighted by Gasteiger charge is -2.23. The molecule has 2 heterocycles. The highest BCUT2D eigenvalue weighted by molar-refractivity contribution is 7.88. The SMILES string of the molecule is CC(C)(C)OC(=O)C[C@@H](CCCC1CCCCC1)c1nc(CNS(C)(=O)=O)no1.CS(=O)(=O)NCc1noc([C@H](CCCC2CCCCC2)CC(=O)O)n1. The lowest BCUT2D eigenvalue weighted by atomic mass is 9.84. The van der Waals surface area contributed by atoms with Crippen molar-refractivity contribution in [2.45, 2.75) is 167 Å². The van der Waals surface area contributed by atoms with Gasteiger partial charge < -0.3 is 18.9 Å². The standard InChI is InChI=1S/C20H35N3O5S.C16H27N3O5S/c1-20(2,3)27-18(24)13-16(12-8-11-15-9-6-5-7-10-15)19-22-17(23-28-19)14-21-29(4,25)26;1-25(22,23)17-11-14-18-16(24-19-14)13(10-15(20)21)9-5-8-12-6-3-2-4-7-12/h15-16,21H,5-14H2,1-4H3;12-13,17H,2-11H2,1H3,(H,20,21)/t16-;13-/m11/s1. The number of aliphatic carboxylic acids is 1. The number of esters is 1. The molecule has 0 aromatic carbocycles. The highest BCUT2D eigenvalue weighted by Crippen LogP contribution is 2.33. The Morgan fingerprint density at radius 2 is 1.15 bits per heavy atom. The molecule has 0 unspecified atom stereocenters. The van der Waals surface area contributed by atoms with Gasteiger partial charge in [0.15, 0.2) is 11.6 Å². The fourth-order valence-corrected chi connectivity index (χ4v) is 7.86. The third-order valence-corrected chi connectivity index (χ3v) is 11.0. The summed E-state index contributed by atoms with van der Waals surface area (Å²) in [5.41, 5.74) is -0.552. The topological polar surface area (TPSA) is 234 Å². The number of hydrogen-bond donors (Lipinski definition) is 3. The highest BCUT2D eigenvalue weighted by Gasteiger charge is 2.27. The predicted octanol–water partition coefficient (Wildman–Crippen LogP) is 6.11. The molecule has 2 fully saturated rings. The first kappa shape index (κ1) is 45.4. The van der Waals surface area contributed by atoms with E-state index < -0.39 is 31.6 Å². The summed E-state index contributed by atoms with van der Waals surface area (Å²) in [5.74, 6) is 0.857. The average Bonchev–Trinajstić information content (AvgIpc) is 3.76. The minimum absolute atomic E-state index is 0.0381. The Bertz CT molecular complexity index is 1640. The average molecular weight is 803 g/mol. The van der Waals surface area contributed by atoms with Gasteiger partial charge in [-0.05, 0) is 45.4 Å². The number of sulfonamides is 2. The van der Waals surface area contributed by atoms with E-state index >= 15 is 0 Å². The maximum Gasteiger partial charge on any atom is 0.307 e. The van der Waals surface area contributed by atoms with Gasteiger partial charge in [-0.3, -0.25) is 9.59 Å². The highest BCUT2D eigenvalue weighted by atomic mass is 32.2. The molecule has 18 heteroatoms.